The highest BCUT2D eigenvalue weighted by Gasteiger charge is 2.22. The molecule has 2 N–H and O–H groups in total. The number of allylic oxidation sites excluding steroid dienone is 4. The highest BCUT2D eigenvalue weighted by Crippen LogP contribution is 2.30. The van der Waals surface area contributed by atoms with Crippen molar-refractivity contribution in [3.8, 4) is 0 Å². The van der Waals surface area contributed by atoms with Crippen LogP contribution in [0.5, 0.6) is 0 Å². The molecule has 3 rings (SSSR count). The molecule has 2 heteroatoms. The molecule has 144 valence electrons. The standard InChI is InChI=1S/C26H30N2/c1-25(2,3)19-11-7-17(8-12-19)21-15-16-22(24(28)23(21)27)18-9-13-20(14-10-18)26(4,5)6/h7-16,27-28H,1-6H3. The van der Waals surface area contributed by atoms with Gasteiger partial charge in [-0.05, 0) is 33.1 Å². The van der Waals surface area contributed by atoms with Crippen molar-refractivity contribution in [3.63, 3.8) is 0 Å². The first-order valence-electron chi connectivity index (χ1n) is 9.80. The summed E-state index contributed by atoms with van der Waals surface area (Å²) in [5.41, 5.74) is 6.89. The third-order valence-corrected chi connectivity index (χ3v) is 5.33. The third kappa shape index (κ3) is 3.91. The van der Waals surface area contributed by atoms with Gasteiger partial charge in [0.25, 0.3) is 0 Å². The SMILES string of the molecule is CC(C)(C)c1ccc(C2=CC=C(c3ccc(C(C)(C)C)cc3)C(=N)C2=N)cc1. The fraction of sp³-hybridized carbons (Fsp3) is 0.308. The third-order valence-electron chi connectivity index (χ3n) is 5.33. The van der Waals surface area contributed by atoms with E-state index < -0.39 is 0 Å². The number of hydrogen-bond acceptors (Lipinski definition) is 2. The number of nitrogens with one attached hydrogen (secondary N) is 2. The summed E-state index contributed by atoms with van der Waals surface area (Å²) < 4.78 is 0. The van der Waals surface area contributed by atoms with E-state index in [9.17, 15) is 0 Å². The number of hydrogen-bond donors (Lipinski definition) is 2. The molecule has 0 saturated heterocycles. The van der Waals surface area contributed by atoms with Crippen LogP contribution in [-0.2, 0) is 10.8 Å². The van der Waals surface area contributed by atoms with Crippen molar-refractivity contribution in [2.45, 2.75) is 52.4 Å². The van der Waals surface area contributed by atoms with Gasteiger partial charge in [-0.15, -0.1) is 0 Å². The molecule has 0 unspecified atom stereocenters. The molecule has 0 atom stereocenters. The van der Waals surface area contributed by atoms with E-state index in [0.29, 0.717) is 0 Å². The van der Waals surface area contributed by atoms with Crippen molar-refractivity contribution in [1.29, 1.82) is 10.8 Å². The highest BCUT2D eigenvalue weighted by molar-refractivity contribution is 6.68. The molecule has 0 heterocycles. The van der Waals surface area contributed by atoms with Gasteiger partial charge < -0.3 is 0 Å². The quantitative estimate of drug-likeness (QED) is 0.546. The van der Waals surface area contributed by atoms with Gasteiger partial charge in [0.1, 0.15) is 0 Å². The number of rotatable bonds is 2. The zero-order valence-electron chi connectivity index (χ0n) is 17.8. The molecular formula is C26H30N2. The lowest BCUT2D eigenvalue weighted by atomic mass is 9.82. The molecule has 0 fully saturated rings. The minimum Gasteiger partial charge on any atom is -0.298 e. The average molecular weight is 371 g/mol. The van der Waals surface area contributed by atoms with E-state index in [2.05, 4.69) is 90.1 Å². The molecule has 2 aromatic carbocycles. The molecule has 0 spiro atoms. The Bertz CT molecular complexity index is 887. The molecular weight excluding hydrogens is 340 g/mol. The predicted molar refractivity (Wildman–Crippen MR) is 122 cm³/mol. The average Bonchev–Trinajstić information content (AvgIpc) is 2.63. The van der Waals surface area contributed by atoms with Gasteiger partial charge in [0.15, 0.2) is 0 Å². The van der Waals surface area contributed by atoms with Crippen LogP contribution in [0.1, 0.15) is 63.8 Å². The minimum atomic E-state index is 0.103. The van der Waals surface area contributed by atoms with Crippen LogP contribution in [0, 0.1) is 10.8 Å². The molecule has 1 aliphatic rings. The second-order valence-electron chi connectivity index (χ2n) is 9.57. The lowest BCUT2D eigenvalue weighted by molar-refractivity contribution is 0.590. The van der Waals surface area contributed by atoms with E-state index >= 15 is 0 Å². The van der Waals surface area contributed by atoms with Crippen molar-refractivity contribution in [1.82, 2.24) is 0 Å². The minimum absolute atomic E-state index is 0.103. The molecule has 0 aliphatic heterocycles. The van der Waals surface area contributed by atoms with E-state index in [1.807, 2.05) is 12.2 Å². The lowest BCUT2D eigenvalue weighted by Gasteiger charge is -2.22. The summed E-state index contributed by atoms with van der Waals surface area (Å²) in [6.45, 7) is 13.2. The van der Waals surface area contributed by atoms with Crippen LogP contribution in [0.25, 0.3) is 11.1 Å². The molecule has 0 saturated carbocycles. The van der Waals surface area contributed by atoms with E-state index in [1.165, 1.54) is 11.1 Å². The molecule has 0 radical (unpaired) electrons. The summed E-state index contributed by atoms with van der Waals surface area (Å²) in [4.78, 5) is 0. The maximum absolute atomic E-state index is 8.55. The van der Waals surface area contributed by atoms with Crippen molar-refractivity contribution in [3.05, 3.63) is 82.9 Å². The van der Waals surface area contributed by atoms with Crippen LogP contribution in [0.15, 0.2) is 60.7 Å². The van der Waals surface area contributed by atoms with Crippen molar-refractivity contribution in [2.24, 2.45) is 0 Å². The first-order valence-corrected chi connectivity index (χ1v) is 9.80. The Morgan fingerprint density at radius 2 is 0.786 bits per heavy atom. The predicted octanol–water partition coefficient (Wildman–Crippen LogP) is 6.80. The monoisotopic (exact) mass is 370 g/mol. The van der Waals surface area contributed by atoms with Gasteiger partial charge in [-0.1, -0.05) is 102 Å². The van der Waals surface area contributed by atoms with Crippen LogP contribution in [0.2, 0.25) is 0 Å². The topological polar surface area (TPSA) is 47.7 Å². The van der Waals surface area contributed by atoms with Crippen molar-refractivity contribution in [2.75, 3.05) is 0 Å². The fourth-order valence-corrected chi connectivity index (χ4v) is 3.38. The zero-order chi connectivity index (χ0) is 20.7. The van der Waals surface area contributed by atoms with Crippen LogP contribution in [0.4, 0.5) is 0 Å². The van der Waals surface area contributed by atoms with Crippen LogP contribution < -0.4 is 0 Å². The first-order chi connectivity index (χ1) is 13.0. The Hall–Kier alpha value is -2.74. The molecule has 2 nitrogen and oxygen atoms in total. The largest absolute Gasteiger partial charge is 0.298 e. The maximum Gasteiger partial charge on any atom is 0.0873 e. The van der Waals surface area contributed by atoms with Gasteiger partial charge in [0.05, 0.1) is 11.4 Å². The van der Waals surface area contributed by atoms with E-state index in [1.54, 1.807) is 0 Å². The van der Waals surface area contributed by atoms with Crippen molar-refractivity contribution < 1.29 is 0 Å². The van der Waals surface area contributed by atoms with E-state index in [-0.39, 0.29) is 22.3 Å². The molecule has 28 heavy (non-hydrogen) atoms. The van der Waals surface area contributed by atoms with Gasteiger partial charge in [-0.25, -0.2) is 0 Å². The summed E-state index contributed by atoms with van der Waals surface area (Å²) in [5, 5.41) is 17.1. The highest BCUT2D eigenvalue weighted by atomic mass is 14.5. The van der Waals surface area contributed by atoms with Crippen LogP contribution in [-0.4, -0.2) is 11.4 Å². The summed E-state index contributed by atoms with van der Waals surface area (Å²) in [6, 6.07) is 16.7. The molecule has 0 amide bonds. The van der Waals surface area contributed by atoms with Gasteiger partial charge in [-0.2, -0.15) is 0 Å². The first kappa shape index (κ1) is 20.0. The number of benzene rings is 2. The molecule has 2 aromatic rings. The van der Waals surface area contributed by atoms with E-state index in [0.717, 1.165) is 22.3 Å². The van der Waals surface area contributed by atoms with Gasteiger partial charge in [-0.3, -0.25) is 10.8 Å². The normalized spacial score (nSPS) is 15.4. The Morgan fingerprint density at radius 1 is 0.500 bits per heavy atom. The van der Waals surface area contributed by atoms with Crippen molar-refractivity contribution >= 4 is 22.6 Å². The Labute approximate surface area is 169 Å². The van der Waals surface area contributed by atoms with Crippen LogP contribution >= 0.6 is 0 Å². The summed E-state index contributed by atoms with van der Waals surface area (Å²) >= 11 is 0. The second kappa shape index (κ2) is 7.01. The molecule has 0 bridgehead atoms. The fourth-order valence-electron chi connectivity index (χ4n) is 3.38. The Balaban J connectivity index is 1.93. The van der Waals surface area contributed by atoms with E-state index in [4.69, 9.17) is 10.8 Å². The maximum atomic E-state index is 8.55. The molecule has 0 aromatic heterocycles. The Morgan fingerprint density at radius 3 is 1.04 bits per heavy atom. The summed E-state index contributed by atoms with van der Waals surface area (Å²) in [7, 11) is 0. The van der Waals surface area contributed by atoms with Gasteiger partial charge >= 0.3 is 0 Å². The summed E-state index contributed by atoms with van der Waals surface area (Å²) in [5.74, 6) is 0. The van der Waals surface area contributed by atoms with Gasteiger partial charge in [0, 0.05) is 11.1 Å². The Kier molecular flexibility index (Phi) is 5.01. The smallest absolute Gasteiger partial charge is 0.0873 e. The van der Waals surface area contributed by atoms with Crippen LogP contribution in [0.3, 0.4) is 0 Å². The summed E-state index contributed by atoms with van der Waals surface area (Å²) in [6.07, 6.45) is 3.94. The molecule has 1 aliphatic carbocycles. The lowest BCUT2D eigenvalue weighted by Crippen LogP contribution is -2.19. The zero-order valence-corrected chi connectivity index (χ0v) is 17.8. The second-order valence-corrected chi connectivity index (χ2v) is 9.57. The van der Waals surface area contributed by atoms with Gasteiger partial charge in [0.2, 0.25) is 0 Å².